The Morgan fingerprint density at radius 2 is 1.95 bits per heavy atom. The van der Waals surface area contributed by atoms with E-state index >= 15 is 0 Å². The van der Waals surface area contributed by atoms with Crippen LogP contribution in [0.5, 0.6) is 0 Å². The Morgan fingerprint density at radius 3 is 2.52 bits per heavy atom. The Labute approximate surface area is 127 Å². The van der Waals surface area contributed by atoms with Gasteiger partial charge in [0, 0.05) is 5.02 Å². The molecule has 0 aliphatic heterocycles. The first kappa shape index (κ1) is 15.8. The Balaban J connectivity index is 2.12. The van der Waals surface area contributed by atoms with Gasteiger partial charge in [-0.15, -0.1) is 0 Å². The van der Waals surface area contributed by atoms with E-state index < -0.39 is 23.7 Å². The quantitative estimate of drug-likeness (QED) is 0.896. The van der Waals surface area contributed by atoms with Crippen molar-refractivity contribution in [2.45, 2.75) is 38.1 Å². The molecule has 1 fully saturated rings. The zero-order valence-electron chi connectivity index (χ0n) is 11.4. The van der Waals surface area contributed by atoms with Crippen molar-refractivity contribution in [2.24, 2.45) is 5.92 Å². The molecule has 6 heteroatoms. The molecule has 1 aliphatic carbocycles. The van der Waals surface area contributed by atoms with Crippen molar-refractivity contribution in [1.29, 1.82) is 0 Å². The second-order valence-electron chi connectivity index (χ2n) is 5.31. The molecule has 1 aliphatic rings. The number of amides is 1. The van der Waals surface area contributed by atoms with Crippen molar-refractivity contribution in [1.82, 2.24) is 5.32 Å². The van der Waals surface area contributed by atoms with Gasteiger partial charge < -0.3 is 10.4 Å². The van der Waals surface area contributed by atoms with E-state index in [4.69, 9.17) is 11.6 Å². The molecule has 1 atom stereocenters. The maximum atomic E-state index is 13.7. The van der Waals surface area contributed by atoms with E-state index in [2.05, 4.69) is 5.32 Å². The lowest BCUT2D eigenvalue weighted by Crippen LogP contribution is -2.46. The van der Waals surface area contributed by atoms with Gasteiger partial charge in [-0.1, -0.05) is 30.9 Å². The predicted molar refractivity (Wildman–Crippen MR) is 76.9 cm³/mol. The molecule has 0 spiro atoms. The fraction of sp³-hybridized carbons (Fsp3) is 0.467. The number of carbonyl (C=O) groups is 2. The molecular weight excluding hydrogens is 297 g/mol. The smallest absolute Gasteiger partial charge is 0.326 e. The van der Waals surface area contributed by atoms with E-state index in [9.17, 15) is 19.1 Å². The SMILES string of the molecule is O=C(NC(C(=O)O)C1CCCCC1)c1ccc(Cl)cc1F. The normalized spacial score (nSPS) is 17.2. The van der Waals surface area contributed by atoms with Crippen LogP contribution in [0.15, 0.2) is 18.2 Å². The molecule has 1 saturated carbocycles. The Morgan fingerprint density at radius 1 is 1.29 bits per heavy atom. The molecule has 1 amide bonds. The van der Waals surface area contributed by atoms with Gasteiger partial charge in [-0.05, 0) is 37.0 Å². The van der Waals surface area contributed by atoms with Crippen LogP contribution in [0.2, 0.25) is 5.02 Å². The summed E-state index contributed by atoms with van der Waals surface area (Å²) in [6.45, 7) is 0. The van der Waals surface area contributed by atoms with Crippen molar-refractivity contribution in [3.8, 4) is 0 Å². The number of hydrogen-bond acceptors (Lipinski definition) is 2. The monoisotopic (exact) mass is 313 g/mol. The standard InChI is InChI=1S/C15H17ClFNO3/c16-10-6-7-11(12(17)8-10)14(19)18-13(15(20)21)9-4-2-1-3-5-9/h6-9,13H,1-5H2,(H,18,19)(H,20,21). The van der Waals surface area contributed by atoms with E-state index in [0.29, 0.717) is 0 Å². The molecule has 1 aromatic rings. The van der Waals surface area contributed by atoms with Crippen LogP contribution in [-0.2, 0) is 4.79 Å². The van der Waals surface area contributed by atoms with Gasteiger partial charge in [0.25, 0.3) is 5.91 Å². The minimum absolute atomic E-state index is 0.101. The summed E-state index contributed by atoms with van der Waals surface area (Å²) in [5, 5.41) is 11.9. The average molecular weight is 314 g/mol. The summed E-state index contributed by atoms with van der Waals surface area (Å²) in [4.78, 5) is 23.5. The van der Waals surface area contributed by atoms with E-state index in [1.54, 1.807) is 0 Å². The summed E-state index contributed by atoms with van der Waals surface area (Å²) < 4.78 is 13.7. The van der Waals surface area contributed by atoms with Gasteiger partial charge >= 0.3 is 5.97 Å². The highest BCUT2D eigenvalue weighted by atomic mass is 35.5. The van der Waals surface area contributed by atoms with Crippen molar-refractivity contribution >= 4 is 23.5 Å². The van der Waals surface area contributed by atoms with Crippen LogP contribution in [0.25, 0.3) is 0 Å². The number of hydrogen-bond donors (Lipinski definition) is 2. The Kier molecular flexibility index (Phi) is 5.17. The number of carboxylic acid groups (broad SMARTS) is 1. The molecule has 0 heterocycles. The molecule has 1 unspecified atom stereocenters. The van der Waals surface area contributed by atoms with E-state index in [-0.39, 0.29) is 16.5 Å². The summed E-state index contributed by atoms with van der Waals surface area (Å²) >= 11 is 5.63. The number of carbonyl (C=O) groups excluding carboxylic acids is 1. The fourth-order valence-electron chi connectivity index (χ4n) is 2.74. The molecule has 2 rings (SSSR count). The molecule has 2 N–H and O–H groups in total. The molecular formula is C15H17ClFNO3. The zero-order chi connectivity index (χ0) is 15.4. The van der Waals surface area contributed by atoms with Crippen LogP contribution in [0.4, 0.5) is 4.39 Å². The largest absolute Gasteiger partial charge is 0.480 e. The van der Waals surface area contributed by atoms with Gasteiger partial charge in [0.1, 0.15) is 11.9 Å². The molecule has 21 heavy (non-hydrogen) atoms. The van der Waals surface area contributed by atoms with Gasteiger partial charge in [-0.2, -0.15) is 0 Å². The number of aliphatic carboxylic acids is 1. The minimum Gasteiger partial charge on any atom is -0.480 e. The first-order valence-electron chi connectivity index (χ1n) is 6.98. The van der Waals surface area contributed by atoms with Crippen molar-refractivity contribution < 1.29 is 19.1 Å². The van der Waals surface area contributed by atoms with Crippen molar-refractivity contribution in [3.05, 3.63) is 34.6 Å². The third-order valence-electron chi connectivity index (χ3n) is 3.85. The van der Waals surface area contributed by atoms with Crippen molar-refractivity contribution in [3.63, 3.8) is 0 Å². The van der Waals surface area contributed by atoms with Crippen LogP contribution in [0.3, 0.4) is 0 Å². The highest BCUT2D eigenvalue weighted by Gasteiger charge is 2.31. The van der Waals surface area contributed by atoms with Crippen LogP contribution in [0.1, 0.15) is 42.5 Å². The molecule has 0 radical (unpaired) electrons. The molecule has 114 valence electrons. The lowest BCUT2D eigenvalue weighted by atomic mass is 9.84. The van der Waals surface area contributed by atoms with Crippen LogP contribution >= 0.6 is 11.6 Å². The molecule has 1 aromatic carbocycles. The second-order valence-corrected chi connectivity index (χ2v) is 5.75. The number of carboxylic acids is 1. The number of halogens is 2. The minimum atomic E-state index is -1.08. The maximum absolute atomic E-state index is 13.7. The topological polar surface area (TPSA) is 66.4 Å². The van der Waals surface area contributed by atoms with E-state index in [0.717, 1.165) is 38.2 Å². The Hall–Kier alpha value is -1.62. The van der Waals surface area contributed by atoms with Gasteiger partial charge in [0.15, 0.2) is 0 Å². The third kappa shape index (κ3) is 3.94. The summed E-state index contributed by atoms with van der Waals surface area (Å²) in [6.07, 6.45) is 4.53. The highest BCUT2D eigenvalue weighted by molar-refractivity contribution is 6.30. The first-order valence-corrected chi connectivity index (χ1v) is 7.35. The van der Waals surface area contributed by atoms with Gasteiger partial charge in [0.05, 0.1) is 5.56 Å². The third-order valence-corrected chi connectivity index (χ3v) is 4.08. The van der Waals surface area contributed by atoms with E-state index in [1.165, 1.54) is 12.1 Å². The number of rotatable bonds is 4. The van der Waals surface area contributed by atoms with Gasteiger partial charge in [-0.3, -0.25) is 4.79 Å². The van der Waals surface area contributed by atoms with Crippen LogP contribution in [0, 0.1) is 11.7 Å². The van der Waals surface area contributed by atoms with Crippen molar-refractivity contribution in [2.75, 3.05) is 0 Å². The predicted octanol–water partition coefficient (Wildman–Crippen LogP) is 3.24. The summed E-state index contributed by atoms with van der Waals surface area (Å²) in [6, 6.07) is 2.71. The summed E-state index contributed by atoms with van der Waals surface area (Å²) in [7, 11) is 0. The zero-order valence-corrected chi connectivity index (χ0v) is 12.2. The summed E-state index contributed by atoms with van der Waals surface area (Å²) in [5.74, 6) is -2.66. The van der Waals surface area contributed by atoms with E-state index in [1.807, 2.05) is 0 Å². The lowest BCUT2D eigenvalue weighted by molar-refractivity contribution is -0.141. The molecule has 4 nitrogen and oxygen atoms in total. The van der Waals surface area contributed by atoms with Crippen LogP contribution in [-0.4, -0.2) is 23.0 Å². The fourth-order valence-corrected chi connectivity index (χ4v) is 2.90. The second kappa shape index (κ2) is 6.89. The Bertz CT molecular complexity index is 544. The van der Waals surface area contributed by atoms with Gasteiger partial charge in [-0.25, -0.2) is 9.18 Å². The summed E-state index contributed by atoms with van der Waals surface area (Å²) in [5.41, 5.74) is -0.193. The molecule has 0 bridgehead atoms. The van der Waals surface area contributed by atoms with Gasteiger partial charge in [0.2, 0.25) is 0 Å². The lowest BCUT2D eigenvalue weighted by Gasteiger charge is -2.28. The molecule has 0 saturated heterocycles. The molecule has 0 aromatic heterocycles. The maximum Gasteiger partial charge on any atom is 0.326 e. The van der Waals surface area contributed by atoms with Crippen LogP contribution < -0.4 is 5.32 Å². The highest BCUT2D eigenvalue weighted by Crippen LogP contribution is 2.27. The average Bonchev–Trinajstić information content (AvgIpc) is 2.45. The first-order chi connectivity index (χ1) is 9.99. The number of nitrogens with one attached hydrogen (secondary N) is 1. The number of benzene rings is 1.